The van der Waals surface area contributed by atoms with Crippen molar-refractivity contribution in [3.8, 4) is 5.75 Å². The number of amides is 2. The average Bonchev–Trinajstić information content (AvgIpc) is 2.76. The molecule has 1 fully saturated rings. The number of ether oxygens (including phenoxy) is 2. The molecule has 1 saturated heterocycles. The maximum absolute atomic E-state index is 12.6. The van der Waals surface area contributed by atoms with Crippen LogP contribution in [0.15, 0.2) is 42.5 Å². The number of non-ortho nitro benzene ring substituents is 1. The highest BCUT2D eigenvalue weighted by atomic mass is 16.6. The predicted octanol–water partition coefficient (Wildman–Crippen LogP) is 1.79. The minimum absolute atomic E-state index is 0.182. The molecule has 10 nitrogen and oxygen atoms in total. The van der Waals surface area contributed by atoms with Crippen LogP contribution in [0.2, 0.25) is 0 Å². The molecule has 0 aromatic heterocycles. The molecule has 1 N–H and O–H groups in total. The van der Waals surface area contributed by atoms with Gasteiger partial charge in [-0.05, 0) is 23.8 Å². The van der Waals surface area contributed by atoms with Gasteiger partial charge in [-0.3, -0.25) is 29.5 Å². The summed E-state index contributed by atoms with van der Waals surface area (Å²) in [6, 6.07) is 11.5. The van der Waals surface area contributed by atoms with Gasteiger partial charge in [0.1, 0.15) is 12.3 Å². The van der Waals surface area contributed by atoms with E-state index in [1.54, 1.807) is 6.07 Å². The van der Waals surface area contributed by atoms with Gasteiger partial charge < -0.3 is 14.8 Å². The largest absolute Gasteiger partial charge is 0.482 e. The fourth-order valence-electron chi connectivity index (χ4n) is 3.59. The molecule has 0 atom stereocenters. The first kappa shape index (κ1) is 20.8. The van der Waals surface area contributed by atoms with Crippen molar-refractivity contribution >= 4 is 28.9 Å². The third kappa shape index (κ3) is 4.98. The van der Waals surface area contributed by atoms with E-state index in [0.29, 0.717) is 24.7 Å². The van der Waals surface area contributed by atoms with Gasteiger partial charge in [0.15, 0.2) is 6.61 Å². The molecule has 2 aromatic rings. The van der Waals surface area contributed by atoms with E-state index in [1.165, 1.54) is 23.1 Å². The number of benzene rings is 2. The van der Waals surface area contributed by atoms with E-state index in [0.717, 1.165) is 25.2 Å². The lowest BCUT2D eigenvalue weighted by Crippen LogP contribution is -2.43. The average molecular weight is 426 g/mol. The van der Waals surface area contributed by atoms with Gasteiger partial charge in [0.2, 0.25) is 5.91 Å². The Hall–Kier alpha value is -3.50. The summed E-state index contributed by atoms with van der Waals surface area (Å²) >= 11 is 0. The molecule has 0 aliphatic carbocycles. The van der Waals surface area contributed by atoms with Crippen LogP contribution in [0.25, 0.3) is 0 Å². The zero-order valence-electron chi connectivity index (χ0n) is 16.8. The summed E-state index contributed by atoms with van der Waals surface area (Å²) in [6.07, 6.45) is 0. The molecule has 4 rings (SSSR count). The smallest absolute Gasteiger partial charge is 0.271 e. The van der Waals surface area contributed by atoms with E-state index >= 15 is 0 Å². The number of hydrogen-bond donors (Lipinski definition) is 1. The molecule has 2 heterocycles. The molecule has 0 radical (unpaired) electrons. The lowest BCUT2D eigenvalue weighted by molar-refractivity contribution is -0.384. The molecule has 162 valence electrons. The number of nitro groups is 1. The van der Waals surface area contributed by atoms with Crippen molar-refractivity contribution < 1.29 is 24.0 Å². The van der Waals surface area contributed by atoms with Crippen molar-refractivity contribution in [2.75, 3.05) is 49.7 Å². The molecular weight excluding hydrogens is 404 g/mol. The molecule has 0 saturated carbocycles. The summed E-state index contributed by atoms with van der Waals surface area (Å²) < 4.78 is 10.7. The van der Waals surface area contributed by atoms with Crippen molar-refractivity contribution in [3.63, 3.8) is 0 Å². The second-order valence-electron chi connectivity index (χ2n) is 7.31. The van der Waals surface area contributed by atoms with Crippen LogP contribution in [-0.4, -0.2) is 61.1 Å². The van der Waals surface area contributed by atoms with Crippen LogP contribution in [-0.2, 0) is 20.9 Å². The first-order chi connectivity index (χ1) is 15.0. The highest BCUT2D eigenvalue weighted by Crippen LogP contribution is 2.35. The van der Waals surface area contributed by atoms with Crippen LogP contribution in [0.3, 0.4) is 0 Å². The van der Waals surface area contributed by atoms with E-state index in [-0.39, 0.29) is 24.5 Å². The summed E-state index contributed by atoms with van der Waals surface area (Å²) in [6.45, 7) is 3.40. The van der Waals surface area contributed by atoms with Gasteiger partial charge in [-0.25, -0.2) is 0 Å². The molecular formula is C21H22N4O6. The number of nitrogens with one attached hydrogen (secondary N) is 1. The quantitative estimate of drug-likeness (QED) is 0.553. The Labute approximate surface area is 178 Å². The minimum Gasteiger partial charge on any atom is -0.482 e. The number of nitrogens with zero attached hydrogens (tertiary/aromatic N) is 3. The van der Waals surface area contributed by atoms with Crippen LogP contribution >= 0.6 is 0 Å². The lowest BCUT2D eigenvalue weighted by atomic mass is 10.1. The van der Waals surface area contributed by atoms with Gasteiger partial charge in [-0.15, -0.1) is 0 Å². The van der Waals surface area contributed by atoms with Crippen LogP contribution in [0.1, 0.15) is 5.56 Å². The van der Waals surface area contributed by atoms with Crippen molar-refractivity contribution in [1.82, 2.24) is 4.90 Å². The number of carbonyl (C=O) groups excluding carboxylic acids is 2. The van der Waals surface area contributed by atoms with Crippen molar-refractivity contribution in [2.45, 2.75) is 6.54 Å². The van der Waals surface area contributed by atoms with Gasteiger partial charge >= 0.3 is 0 Å². The van der Waals surface area contributed by atoms with Crippen LogP contribution < -0.4 is 15.0 Å². The SMILES string of the molecule is O=C(CN1C(=O)COc2ccc([N+](=O)[O-])cc21)Nc1cccc(CN2CCOCC2)c1. The summed E-state index contributed by atoms with van der Waals surface area (Å²) in [4.78, 5) is 39.0. The maximum atomic E-state index is 12.6. The molecule has 10 heteroatoms. The lowest BCUT2D eigenvalue weighted by Gasteiger charge is -2.28. The maximum Gasteiger partial charge on any atom is 0.271 e. The first-order valence-corrected chi connectivity index (χ1v) is 9.90. The molecule has 0 spiro atoms. The molecule has 31 heavy (non-hydrogen) atoms. The number of morpholine rings is 1. The van der Waals surface area contributed by atoms with Crippen molar-refractivity contribution in [3.05, 3.63) is 58.1 Å². The Kier molecular flexibility index (Phi) is 6.10. The Morgan fingerprint density at radius 2 is 1.97 bits per heavy atom. The number of nitro benzene ring substituents is 1. The molecule has 2 aromatic carbocycles. The van der Waals surface area contributed by atoms with E-state index in [9.17, 15) is 19.7 Å². The van der Waals surface area contributed by atoms with E-state index in [2.05, 4.69) is 10.2 Å². The molecule has 2 aliphatic heterocycles. The van der Waals surface area contributed by atoms with E-state index < -0.39 is 16.7 Å². The van der Waals surface area contributed by atoms with Gasteiger partial charge in [0.05, 0.1) is 23.8 Å². The number of hydrogen-bond acceptors (Lipinski definition) is 7. The zero-order chi connectivity index (χ0) is 21.8. The minimum atomic E-state index is -0.558. The third-order valence-electron chi connectivity index (χ3n) is 5.12. The van der Waals surface area contributed by atoms with Gasteiger partial charge in [-0.2, -0.15) is 0 Å². The van der Waals surface area contributed by atoms with Crippen molar-refractivity contribution in [1.29, 1.82) is 0 Å². The van der Waals surface area contributed by atoms with Crippen LogP contribution in [0.5, 0.6) is 5.75 Å². The molecule has 0 unspecified atom stereocenters. The second kappa shape index (κ2) is 9.11. The van der Waals surface area contributed by atoms with Gasteiger partial charge in [-0.1, -0.05) is 12.1 Å². The summed E-state index contributed by atoms with van der Waals surface area (Å²) in [5.74, 6) is -0.522. The van der Waals surface area contributed by atoms with E-state index in [1.807, 2.05) is 18.2 Å². The first-order valence-electron chi connectivity index (χ1n) is 9.90. The zero-order valence-corrected chi connectivity index (χ0v) is 16.8. The van der Waals surface area contributed by atoms with Crippen LogP contribution in [0.4, 0.5) is 17.1 Å². The van der Waals surface area contributed by atoms with Gasteiger partial charge in [0.25, 0.3) is 11.6 Å². The summed E-state index contributed by atoms with van der Waals surface area (Å²) in [5.41, 5.74) is 1.71. The fourth-order valence-corrected chi connectivity index (χ4v) is 3.59. The Morgan fingerprint density at radius 3 is 2.74 bits per heavy atom. The van der Waals surface area contributed by atoms with Crippen LogP contribution in [0, 0.1) is 10.1 Å². The number of rotatable bonds is 6. The Morgan fingerprint density at radius 1 is 1.16 bits per heavy atom. The van der Waals surface area contributed by atoms with Crippen molar-refractivity contribution in [2.24, 2.45) is 0 Å². The highest BCUT2D eigenvalue weighted by molar-refractivity contribution is 6.05. The highest BCUT2D eigenvalue weighted by Gasteiger charge is 2.29. The molecule has 2 amide bonds. The van der Waals surface area contributed by atoms with Gasteiger partial charge in [0, 0.05) is 37.5 Å². The summed E-state index contributed by atoms with van der Waals surface area (Å²) in [5, 5.41) is 13.9. The predicted molar refractivity (Wildman–Crippen MR) is 112 cm³/mol. The number of fused-ring (bicyclic) bond motifs is 1. The fraction of sp³-hybridized carbons (Fsp3) is 0.333. The molecule has 2 aliphatic rings. The number of carbonyl (C=O) groups is 2. The van der Waals surface area contributed by atoms with E-state index in [4.69, 9.17) is 9.47 Å². The second-order valence-corrected chi connectivity index (χ2v) is 7.31. The topological polar surface area (TPSA) is 114 Å². The summed E-state index contributed by atoms with van der Waals surface area (Å²) in [7, 11) is 0. The Bertz CT molecular complexity index is 1010. The standard InChI is InChI=1S/C21H22N4O6/c26-20(22-16-3-1-2-15(10-16)12-23-6-8-30-9-7-23)13-24-18-11-17(25(28)29)4-5-19(18)31-14-21(24)27/h1-5,10-11H,6-9,12-14H2,(H,22,26). The number of anilines is 2. The molecule has 0 bridgehead atoms. The normalized spacial score (nSPS) is 16.4. The third-order valence-corrected chi connectivity index (χ3v) is 5.12. The monoisotopic (exact) mass is 426 g/mol. The Balaban J connectivity index is 1.44.